The smallest absolute Gasteiger partial charge is 0.293 e. The number of benzene rings is 1. The van der Waals surface area contributed by atoms with Gasteiger partial charge in [-0.3, -0.25) is 24.6 Å². The highest BCUT2D eigenvalue weighted by Gasteiger charge is 2.34. The molecule has 1 aliphatic rings. The minimum Gasteiger partial charge on any atom is -0.496 e. The van der Waals surface area contributed by atoms with E-state index in [1.807, 2.05) is 0 Å². The molecule has 1 saturated heterocycles. The molecule has 26 heavy (non-hydrogen) atoms. The van der Waals surface area contributed by atoms with E-state index >= 15 is 0 Å². The molecule has 0 unspecified atom stereocenters. The molecule has 134 valence electrons. The first-order valence-electron chi connectivity index (χ1n) is 7.62. The predicted octanol–water partition coefficient (Wildman–Crippen LogP) is 3.92. The highest BCUT2D eigenvalue weighted by molar-refractivity contribution is 8.18. The van der Waals surface area contributed by atoms with Gasteiger partial charge in [0.25, 0.3) is 16.8 Å². The van der Waals surface area contributed by atoms with Gasteiger partial charge in [0, 0.05) is 18.7 Å². The summed E-state index contributed by atoms with van der Waals surface area (Å²) in [6.07, 6.45) is 1.50. The summed E-state index contributed by atoms with van der Waals surface area (Å²) in [7, 11) is 1.41. The van der Waals surface area contributed by atoms with E-state index in [0.29, 0.717) is 29.4 Å². The van der Waals surface area contributed by atoms with Crippen molar-refractivity contribution in [2.45, 2.75) is 6.92 Å². The van der Waals surface area contributed by atoms with Gasteiger partial charge < -0.3 is 9.15 Å². The van der Waals surface area contributed by atoms with Crippen LogP contribution in [0, 0.1) is 10.1 Å². The van der Waals surface area contributed by atoms with Crippen LogP contribution in [0.5, 0.6) is 5.75 Å². The van der Waals surface area contributed by atoms with Crippen LogP contribution >= 0.6 is 11.8 Å². The molecule has 1 aliphatic heterocycles. The summed E-state index contributed by atoms with van der Waals surface area (Å²) >= 11 is 0.858. The molecule has 0 saturated carbocycles. The van der Waals surface area contributed by atoms with E-state index in [9.17, 15) is 19.7 Å². The van der Waals surface area contributed by atoms with Crippen molar-refractivity contribution >= 4 is 34.7 Å². The van der Waals surface area contributed by atoms with Gasteiger partial charge in [0.15, 0.2) is 0 Å². The maximum absolute atomic E-state index is 12.1. The Morgan fingerprint density at radius 2 is 2.08 bits per heavy atom. The Morgan fingerprint density at radius 3 is 2.69 bits per heavy atom. The first-order chi connectivity index (χ1) is 12.4. The zero-order valence-electron chi connectivity index (χ0n) is 13.9. The van der Waals surface area contributed by atoms with Crippen LogP contribution in [-0.4, -0.2) is 34.6 Å². The van der Waals surface area contributed by atoms with E-state index in [0.717, 1.165) is 16.7 Å². The largest absolute Gasteiger partial charge is 0.496 e. The maximum Gasteiger partial charge on any atom is 0.293 e. The summed E-state index contributed by atoms with van der Waals surface area (Å²) in [4.78, 5) is 35.7. The fourth-order valence-electron chi connectivity index (χ4n) is 2.47. The van der Waals surface area contributed by atoms with Crippen molar-refractivity contribution in [2.24, 2.45) is 0 Å². The third-order valence-corrected chi connectivity index (χ3v) is 4.66. The van der Waals surface area contributed by atoms with Gasteiger partial charge in [0.1, 0.15) is 17.3 Å². The number of rotatable bonds is 5. The highest BCUT2D eigenvalue weighted by Crippen LogP contribution is 2.36. The van der Waals surface area contributed by atoms with E-state index < -0.39 is 4.92 Å². The fourth-order valence-corrected chi connectivity index (χ4v) is 3.36. The number of furan rings is 1. The molecule has 0 atom stereocenters. The first kappa shape index (κ1) is 17.7. The van der Waals surface area contributed by atoms with E-state index in [4.69, 9.17) is 9.15 Å². The number of hydrogen-bond acceptors (Lipinski definition) is 7. The number of thioether (sulfide) groups is 1. The molecule has 2 amide bonds. The zero-order valence-corrected chi connectivity index (χ0v) is 14.7. The molecule has 0 aliphatic carbocycles. The number of carbonyl (C=O) groups is 2. The molecule has 0 bridgehead atoms. The number of nitro groups is 1. The number of nitro benzene ring substituents is 1. The number of hydrogen-bond donors (Lipinski definition) is 0. The van der Waals surface area contributed by atoms with Gasteiger partial charge in [0.2, 0.25) is 0 Å². The van der Waals surface area contributed by atoms with Crippen molar-refractivity contribution < 1.29 is 23.7 Å². The number of amides is 2. The Hall–Kier alpha value is -3.07. The van der Waals surface area contributed by atoms with Crippen molar-refractivity contribution in [1.82, 2.24) is 4.90 Å². The van der Waals surface area contributed by atoms with Crippen molar-refractivity contribution in [3.8, 4) is 17.1 Å². The molecule has 9 heteroatoms. The molecule has 0 radical (unpaired) electrons. The SMILES string of the molecule is CCN1C(=O)S/C(=C/c2ccc(-c3ccc([N+](=O)[O-])cc3OC)o2)C1=O. The molecular formula is C17H14N2O6S. The van der Waals surface area contributed by atoms with Crippen LogP contribution in [0.1, 0.15) is 12.7 Å². The van der Waals surface area contributed by atoms with Crippen molar-refractivity contribution in [3.63, 3.8) is 0 Å². The highest BCUT2D eigenvalue weighted by atomic mass is 32.2. The molecule has 1 aromatic carbocycles. The molecule has 1 aromatic heterocycles. The summed E-state index contributed by atoms with van der Waals surface area (Å²) in [5, 5.41) is 10.6. The summed E-state index contributed by atoms with van der Waals surface area (Å²) in [6.45, 7) is 2.04. The summed E-state index contributed by atoms with van der Waals surface area (Å²) in [5.41, 5.74) is 0.449. The van der Waals surface area contributed by atoms with Crippen molar-refractivity contribution in [2.75, 3.05) is 13.7 Å². The molecule has 8 nitrogen and oxygen atoms in total. The standard InChI is InChI=1S/C17H14N2O6S/c1-3-18-16(20)15(26-17(18)21)9-11-5-7-13(25-11)12-6-4-10(19(22)23)8-14(12)24-2/h4-9H,3H2,1-2H3/b15-9+. The van der Waals surface area contributed by atoms with Crippen molar-refractivity contribution in [3.05, 3.63) is 51.1 Å². The third-order valence-electron chi connectivity index (χ3n) is 3.75. The molecule has 1 fully saturated rings. The second-order valence-corrected chi connectivity index (χ2v) is 6.26. The Morgan fingerprint density at radius 1 is 1.31 bits per heavy atom. The quantitative estimate of drug-likeness (QED) is 0.444. The van der Waals surface area contributed by atoms with E-state index in [2.05, 4.69) is 0 Å². The number of nitrogens with zero attached hydrogens (tertiary/aromatic N) is 2. The molecule has 2 aromatic rings. The number of ether oxygens (including phenoxy) is 1. The lowest BCUT2D eigenvalue weighted by molar-refractivity contribution is -0.384. The Kier molecular flexibility index (Phi) is 4.81. The van der Waals surface area contributed by atoms with Gasteiger partial charge in [0.05, 0.1) is 28.6 Å². The van der Waals surface area contributed by atoms with Gasteiger partial charge >= 0.3 is 0 Å². The number of carbonyl (C=O) groups excluding carboxylic acids is 2. The van der Waals surface area contributed by atoms with Gasteiger partial charge in [-0.05, 0) is 36.9 Å². The van der Waals surface area contributed by atoms with Crippen LogP contribution in [0.3, 0.4) is 0 Å². The lowest BCUT2D eigenvalue weighted by Crippen LogP contribution is -2.27. The first-order valence-corrected chi connectivity index (χ1v) is 8.44. The minimum absolute atomic E-state index is 0.0920. The maximum atomic E-state index is 12.1. The van der Waals surface area contributed by atoms with E-state index in [1.165, 1.54) is 31.4 Å². The summed E-state index contributed by atoms with van der Waals surface area (Å²) < 4.78 is 10.9. The van der Waals surface area contributed by atoms with Gasteiger partial charge in [-0.25, -0.2) is 0 Å². The topological polar surface area (TPSA) is 103 Å². The number of imide groups is 1. The van der Waals surface area contributed by atoms with E-state index in [1.54, 1.807) is 19.1 Å². The van der Waals surface area contributed by atoms with Crippen LogP contribution < -0.4 is 4.74 Å². The predicted molar refractivity (Wildman–Crippen MR) is 95.7 cm³/mol. The average Bonchev–Trinajstić information content (AvgIpc) is 3.19. The lowest BCUT2D eigenvalue weighted by atomic mass is 10.1. The molecular weight excluding hydrogens is 360 g/mol. The van der Waals surface area contributed by atoms with Crippen LogP contribution in [-0.2, 0) is 4.79 Å². The average molecular weight is 374 g/mol. The number of methoxy groups -OCH3 is 1. The summed E-state index contributed by atoms with van der Waals surface area (Å²) in [6, 6.07) is 7.51. The Balaban J connectivity index is 1.92. The third kappa shape index (κ3) is 3.21. The monoisotopic (exact) mass is 374 g/mol. The van der Waals surface area contributed by atoms with Gasteiger partial charge in [-0.15, -0.1) is 0 Å². The van der Waals surface area contributed by atoms with Crippen LogP contribution in [0.25, 0.3) is 17.4 Å². The second-order valence-electron chi connectivity index (χ2n) is 5.27. The van der Waals surface area contributed by atoms with Gasteiger partial charge in [-0.2, -0.15) is 0 Å². The minimum atomic E-state index is -0.510. The number of likely N-dealkylation sites (N-methyl/N-ethyl adjacent to an activating group) is 1. The lowest BCUT2D eigenvalue weighted by Gasteiger charge is -2.06. The van der Waals surface area contributed by atoms with Crippen LogP contribution in [0.2, 0.25) is 0 Å². The molecule has 2 heterocycles. The van der Waals surface area contributed by atoms with Crippen molar-refractivity contribution in [1.29, 1.82) is 0 Å². The normalized spacial score (nSPS) is 15.8. The van der Waals surface area contributed by atoms with Crippen LogP contribution in [0.4, 0.5) is 10.5 Å². The van der Waals surface area contributed by atoms with Gasteiger partial charge in [-0.1, -0.05) is 0 Å². The molecule has 0 spiro atoms. The second kappa shape index (κ2) is 7.04. The Labute approximate surface area is 152 Å². The zero-order chi connectivity index (χ0) is 18.8. The van der Waals surface area contributed by atoms with Crippen LogP contribution in [0.15, 0.2) is 39.7 Å². The Bertz CT molecular complexity index is 933. The molecule has 0 N–H and O–H groups in total. The number of non-ortho nitro benzene ring substituents is 1. The fraction of sp³-hybridized carbons (Fsp3) is 0.176. The summed E-state index contributed by atoms with van der Waals surface area (Å²) in [5.74, 6) is 0.763. The molecule has 3 rings (SSSR count). The van der Waals surface area contributed by atoms with E-state index in [-0.39, 0.29) is 21.7 Å².